The van der Waals surface area contributed by atoms with E-state index in [4.69, 9.17) is 14.7 Å². The normalized spacial score (nSPS) is 16.6. The molecule has 2 aliphatic heterocycles. The van der Waals surface area contributed by atoms with Crippen LogP contribution in [-0.4, -0.2) is 35.8 Å². The molecule has 6 heteroatoms. The number of carbonyl (C=O) groups is 1. The molecular weight excluding hydrogens is 340 g/mol. The van der Waals surface area contributed by atoms with Crippen molar-refractivity contribution in [3.8, 4) is 0 Å². The van der Waals surface area contributed by atoms with Gasteiger partial charge >= 0.3 is 6.09 Å². The van der Waals surface area contributed by atoms with E-state index in [1.807, 2.05) is 43.3 Å². The van der Waals surface area contributed by atoms with Crippen LogP contribution in [0.1, 0.15) is 16.8 Å². The number of hydrogen-bond acceptors (Lipinski definition) is 5. The van der Waals surface area contributed by atoms with Crippen molar-refractivity contribution in [2.24, 2.45) is 0 Å². The minimum atomic E-state index is -0.248. The third kappa shape index (κ3) is 2.68. The molecule has 0 spiro atoms. The van der Waals surface area contributed by atoms with Gasteiger partial charge in [0.05, 0.1) is 29.0 Å². The highest BCUT2D eigenvalue weighted by atomic mass is 16.6. The number of ether oxygens (including phenoxy) is 1. The molecular formula is C21H20N4O2. The first-order chi connectivity index (χ1) is 13.2. The van der Waals surface area contributed by atoms with Gasteiger partial charge in [-0.15, -0.1) is 0 Å². The molecule has 3 heterocycles. The number of nitrogens with zero attached hydrogens (tertiary/aromatic N) is 4. The molecule has 0 radical (unpaired) electrons. The van der Waals surface area contributed by atoms with Crippen LogP contribution >= 0.6 is 0 Å². The topological polar surface area (TPSA) is 58.6 Å². The lowest BCUT2D eigenvalue weighted by atomic mass is 9.97. The molecule has 27 heavy (non-hydrogen) atoms. The molecule has 0 N–H and O–H groups in total. The van der Waals surface area contributed by atoms with E-state index >= 15 is 0 Å². The summed E-state index contributed by atoms with van der Waals surface area (Å²) in [7, 11) is 0. The van der Waals surface area contributed by atoms with Crippen LogP contribution in [0.15, 0.2) is 42.5 Å². The molecule has 1 fully saturated rings. The first-order valence-corrected chi connectivity index (χ1v) is 9.24. The van der Waals surface area contributed by atoms with Crippen LogP contribution in [0.2, 0.25) is 0 Å². The molecule has 0 unspecified atom stereocenters. The standard InChI is InChI=1S/C21H20N4O2/c1-14-20(23-18-7-3-2-6-17(18)22-14)24-10-9-16-15(13-24)5-4-8-19(16)25-11-12-27-21(25)26/h2-8H,9-13H2,1H3. The van der Waals surface area contributed by atoms with E-state index in [0.717, 1.165) is 47.7 Å². The van der Waals surface area contributed by atoms with Crippen molar-refractivity contribution in [3.63, 3.8) is 0 Å². The summed E-state index contributed by atoms with van der Waals surface area (Å²) in [5.74, 6) is 0.935. The Labute approximate surface area is 157 Å². The van der Waals surface area contributed by atoms with Gasteiger partial charge in [-0.1, -0.05) is 24.3 Å². The zero-order chi connectivity index (χ0) is 18.4. The molecule has 2 aliphatic rings. The number of anilines is 2. The molecule has 1 saturated heterocycles. The largest absolute Gasteiger partial charge is 0.447 e. The van der Waals surface area contributed by atoms with Gasteiger partial charge in [0.1, 0.15) is 6.61 Å². The Kier molecular flexibility index (Phi) is 3.70. The molecule has 6 nitrogen and oxygen atoms in total. The number of rotatable bonds is 2. The smallest absolute Gasteiger partial charge is 0.414 e. The van der Waals surface area contributed by atoms with Gasteiger partial charge in [-0.25, -0.2) is 14.8 Å². The second-order valence-electron chi connectivity index (χ2n) is 6.97. The summed E-state index contributed by atoms with van der Waals surface area (Å²) in [6.45, 7) is 4.70. The zero-order valence-electron chi connectivity index (χ0n) is 15.2. The fraction of sp³-hybridized carbons (Fsp3) is 0.286. The van der Waals surface area contributed by atoms with Gasteiger partial charge in [0.2, 0.25) is 0 Å². The Bertz CT molecular complexity index is 1050. The number of benzene rings is 2. The zero-order valence-corrected chi connectivity index (χ0v) is 15.2. The minimum Gasteiger partial charge on any atom is -0.447 e. The second-order valence-corrected chi connectivity index (χ2v) is 6.97. The van der Waals surface area contributed by atoms with Crippen molar-refractivity contribution >= 4 is 28.6 Å². The van der Waals surface area contributed by atoms with Gasteiger partial charge in [0, 0.05) is 13.1 Å². The van der Waals surface area contributed by atoms with Crippen molar-refractivity contribution < 1.29 is 9.53 Å². The number of fused-ring (bicyclic) bond motifs is 2. The summed E-state index contributed by atoms with van der Waals surface area (Å²) in [6.07, 6.45) is 0.616. The van der Waals surface area contributed by atoms with Crippen LogP contribution < -0.4 is 9.80 Å². The van der Waals surface area contributed by atoms with Gasteiger partial charge in [-0.05, 0) is 42.7 Å². The maximum absolute atomic E-state index is 12.0. The van der Waals surface area contributed by atoms with Crippen molar-refractivity contribution in [3.05, 3.63) is 59.3 Å². The Morgan fingerprint density at radius 3 is 2.59 bits per heavy atom. The first-order valence-electron chi connectivity index (χ1n) is 9.24. The van der Waals surface area contributed by atoms with E-state index in [1.54, 1.807) is 4.90 Å². The lowest BCUT2D eigenvalue weighted by Gasteiger charge is -2.32. The molecule has 3 aromatic rings. The predicted molar refractivity (Wildman–Crippen MR) is 104 cm³/mol. The molecule has 5 rings (SSSR count). The predicted octanol–water partition coefficient (Wildman–Crippen LogP) is 3.46. The number of aryl methyl sites for hydroxylation is 1. The summed E-state index contributed by atoms with van der Waals surface area (Å²) in [5, 5.41) is 0. The van der Waals surface area contributed by atoms with Crippen LogP contribution in [0.4, 0.5) is 16.3 Å². The van der Waals surface area contributed by atoms with E-state index in [2.05, 4.69) is 11.0 Å². The van der Waals surface area contributed by atoms with Crippen LogP contribution in [0.25, 0.3) is 11.0 Å². The number of hydrogen-bond donors (Lipinski definition) is 0. The summed E-state index contributed by atoms with van der Waals surface area (Å²) >= 11 is 0. The molecule has 0 saturated carbocycles. The van der Waals surface area contributed by atoms with Gasteiger partial charge < -0.3 is 9.64 Å². The third-order valence-corrected chi connectivity index (χ3v) is 5.31. The maximum atomic E-state index is 12.0. The van der Waals surface area contributed by atoms with Gasteiger partial charge in [-0.3, -0.25) is 4.90 Å². The maximum Gasteiger partial charge on any atom is 0.414 e. The van der Waals surface area contributed by atoms with E-state index < -0.39 is 0 Å². The van der Waals surface area contributed by atoms with E-state index in [-0.39, 0.29) is 6.09 Å². The van der Waals surface area contributed by atoms with Gasteiger partial charge in [0.25, 0.3) is 0 Å². The Hall–Kier alpha value is -3.15. The quantitative estimate of drug-likeness (QED) is 0.700. The van der Waals surface area contributed by atoms with E-state index in [9.17, 15) is 4.79 Å². The molecule has 0 bridgehead atoms. The monoisotopic (exact) mass is 360 g/mol. The average molecular weight is 360 g/mol. The highest BCUT2D eigenvalue weighted by molar-refractivity contribution is 5.90. The minimum absolute atomic E-state index is 0.248. The SMILES string of the molecule is Cc1nc2ccccc2nc1N1CCc2c(cccc2N2CCOC2=O)C1. The molecule has 0 atom stereocenters. The number of para-hydroxylation sites is 2. The van der Waals surface area contributed by atoms with Crippen LogP contribution in [0.5, 0.6) is 0 Å². The molecule has 1 amide bonds. The molecule has 0 aliphatic carbocycles. The lowest BCUT2D eigenvalue weighted by Crippen LogP contribution is -2.34. The fourth-order valence-corrected chi connectivity index (χ4v) is 4.01. The van der Waals surface area contributed by atoms with E-state index in [1.165, 1.54) is 11.1 Å². The van der Waals surface area contributed by atoms with Crippen molar-refractivity contribution in [2.45, 2.75) is 19.9 Å². The van der Waals surface area contributed by atoms with Crippen LogP contribution in [-0.2, 0) is 17.7 Å². The number of aromatic nitrogens is 2. The van der Waals surface area contributed by atoms with Crippen molar-refractivity contribution in [1.82, 2.24) is 9.97 Å². The average Bonchev–Trinajstić information content (AvgIpc) is 3.12. The summed E-state index contributed by atoms with van der Waals surface area (Å²) in [6, 6.07) is 14.1. The van der Waals surface area contributed by atoms with Gasteiger partial charge in [0.15, 0.2) is 5.82 Å². The van der Waals surface area contributed by atoms with Crippen molar-refractivity contribution in [2.75, 3.05) is 29.5 Å². The highest BCUT2D eigenvalue weighted by Crippen LogP contribution is 2.33. The van der Waals surface area contributed by atoms with Crippen molar-refractivity contribution in [1.29, 1.82) is 0 Å². The Morgan fingerprint density at radius 2 is 1.81 bits per heavy atom. The van der Waals surface area contributed by atoms with Gasteiger partial charge in [-0.2, -0.15) is 0 Å². The summed E-state index contributed by atoms with van der Waals surface area (Å²) in [5.41, 5.74) is 6.22. The second kappa shape index (κ2) is 6.23. The van der Waals surface area contributed by atoms with Crippen LogP contribution in [0.3, 0.4) is 0 Å². The highest BCUT2D eigenvalue weighted by Gasteiger charge is 2.29. The molecule has 2 aromatic carbocycles. The third-order valence-electron chi connectivity index (χ3n) is 5.31. The Morgan fingerprint density at radius 1 is 1.00 bits per heavy atom. The Balaban J connectivity index is 1.50. The summed E-state index contributed by atoms with van der Waals surface area (Å²) < 4.78 is 5.12. The first kappa shape index (κ1) is 16.1. The molecule has 1 aromatic heterocycles. The fourth-order valence-electron chi connectivity index (χ4n) is 4.01. The van der Waals surface area contributed by atoms with Crippen LogP contribution in [0, 0.1) is 6.92 Å². The molecule has 136 valence electrons. The summed E-state index contributed by atoms with van der Waals surface area (Å²) in [4.78, 5) is 25.6. The number of carbonyl (C=O) groups excluding carboxylic acids is 1. The number of cyclic esters (lactones) is 1. The lowest BCUT2D eigenvalue weighted by molar-refractivity contribution is 0.181. The van der Waals surface area contributed by atoms with E-state index in [0.29, 0.717) is 13.2 Å². The number of amides is 1.